The third-order valence-electron chi connectivity index (χ3n) is 4.41. The van der Waals surface area contributed by atoms with Crippen LogP contribution in [-0.4, -0.2) is 31.3 Å². The number of aliphatic hydroxyl groups is 1. The van der Waals surface area contributed by atoms with E-state index in [-0.39, 0.29) is 0 Å². The summed E-state index contributed by atoms with van der Waals surface area (Å²) in [5, 5.41) is 12.6. The van der Waals surface area contributed by atoms with Crippen molar-refractivity contribution in [2.24, 2.45) is 5.92 Å². The predicted octanol–water partition coefficient (Wildman–Crippen LogP) is 3.09. The molecule has 3 heteroatoms. The molecule has 1 aliphatic rings. The Balaban J connectivity index is 1.99. The molecule has 3 nitrogen and oxygen atoms in total. The van der Waals surface area contributed by atoms with Gasteiger partial charge in [0.05, 0.1) is 0 Å². The Kier molecular flexibility index (Phi) is 6.52. The zero-order valence-corrected chi connectivity index (χ0v) is 13.6. The van der Waals surface area contributed by atoms with Crippen molar-refractivity contribution in [3.63, 3.8) is 0 Å². The number of anilines is 1. The molecule has 2 rings (SSSR count). The van der Waals surface area contributed by atoms with Crippen LogP contribution in [0.25, 0.3) is 0 Å². The van der Waals surface area contributed by atoms with Gasteiger partial charge in [0.25, 0.3) is 0 Å². The maximum absolute atomic E-state index is 9.14. The summed E-state index contributed by atoms with van der Waals surface area (Å²) in [6.45, 7) is 9.01. The fourth-order valence-corrected chi connectivity index (χ4v) is 3.29. The van der Waals surface area contributed by atoms with Gasteiger partial charge < -0.3 is 15.3 Å². The highest BCUT2D eigenvalue weighted by molar-refractivity contribution is 5.54. The van der Waals surface area contributed by atoms with Crippen molar-refractivity contribution in [2.45, 2.75) is 46.1 Å². The van der Waals surface area contributed by atoms with Gasteiger partial charge in [0.2, 0.25) is 0 Å². The van der Waals surface area contributed by atoms with Gasteiger partial charge in [-0.1, -0.05) is 19.1 Å². The van der Waals surface area contributed by atoms with Crippen molar-refractivity contribution in [1.29, 1.82) is 0 Å². The normalized spacial score (nSPS) is 19.0. The van der Waals surface area contributed by atoms with Gasteiger partial charge in [-0.15, -0.1) is 0 Å². The molecule has 2 N–H and O–H groups in total. The molecule has 21 heavy (non-hydrogen) atoms. The van der Waals surface area contributed by atoms with E-state index in [0.29, 0.717) is 12.5 Å². The zero-order valence-electron chi connectivity index (χ0n) is 13.6. The summed E-state index contributed by atoms with van der Waals surface area (Å²) >= 11 is 0. The molecule has 1 saturated heterocycles. The molecule has 0 aromatic heterocycles. The molecule has 1 aliphatic heterocycles. The summed E-state index contributed by atoms with van der Waals surface area (Å²) in [5.41, 5.74) is 4.11. The zero-order chi connectivity index (χ0) is 15.1. The minimum Gasteiger partial charge on any atom is -0.396 e. The molecule has 1 aromatic carbocycles. The molecular weight excluding hydrogens is 260 g/mol. The van der Waals surface area contributed by atoms with Crippen LogP contribution in [-0.2, 0) is 6.54 Å². The van der Waals surface area contributed by atoms with Crippen LogP contribution in [0.2, 0.25) is 0 Å². The first kappa shape index (κ1) is 16.3. The topological polar surface area (TPSA) is 35.5 Å². The van der Waals surface area contributed by atoms with Crippen LogP contribution < -0.4 is 10.2 Å². The molecule has 1 unspecified atom stereocenters. The Morgan fingerprint density at radius 1 is 1.38 bits per heavy atom. The van der Waals surface area contributed by atoms with Crippen molar-refractivity contribution in [3.8, 4) is 0 Å². The van der Waals surface area contributed by atoms with Crippen LogP contribution in [0.1, 0.15) is 43.7 Å². The van der Waals surface area contributed by atoms with Gasteiger partial charge in [0.1, 0.15) is 0 Å². The highest BCUT2D eigenvalue weighted by Gasteiger charge is 2.20. The van der Waals surface area contributed by atoms with Gasteiger partial charge in [0.15, 0.2) is 0 Å². The van der Waals surface area contributed by atoms with Gasteiger partial charge in [-0.05, 0) is 62.3 Å². The number of rotatable bonds is 7. The van der Waals surface area contributed by atoms with Gasteiger partial charge in [-0.2, -0.15) is 0 Å². The summed E-state index contributed by atoms with van der Waals surface area (Å²) in [6.07, 6.45) is 4.62. The summed E-state index contributed by atoms with van der Waals surface area (Å²) in [7, 11) is 0. The molecule has 0 amide bonds. The average molecular weight is 290 g/mol. The lowest BCUT2D eigenvalue weighted by atomic mass is 9.94. The summed E-state index contributed by atoms with van der Waals surface area (Å²) < 4.78 is 0. The van der Waals surface area contributed by atoms with Crippen molar-refractivity contribution in [2.75, 3.05) is 31.1 Å². The maximum Gasteiger partial charge on any atom is 0.0434 e. The summed E-state index contributed by atoms with van der Waals surface area (Å²) in [6, 6.07) is 6.84. The first-order valence-corrected chi connectivity index (χ1v) is 8.40. The number of nitrogens with zero attached hydrogens (tertiary/aromatic N) is 1. The Morgan fingerprint density at radius 2 is 2.24 bits per heavy atom. The molecule has 0 bridgehead atoms. The number of hydrogen-bond acceptors (Lipinski definition) is 3. The van der Waals surface area contributed by atoms with E-state index < -0.39 is 0 Å². The van der Waals surface area contributed by atoms with E-state index in [1.165, 1.54) is 36.1 Å². The third kappa shape index (κ3) is 4.72. The molecular formula is C18H30N2O. The Hall–Kier alpha value is -1.06. The Bertz CT molecular complexity index is 431. The Morgan fingerprint density at radius 3 is 2.95 bits per heavy atom. The summed E-state index contributed by atoms with van der Waals surface area (Å²) in [4.78, 5) is 2.50. The fraction of sp³-hybridized carbons (Fsp3) is 0.667. The van der Waals surface area contributed by atoms with E-state index >= 15 is 0 Å². The molecule has 0 aliphatic carbocycles. The van der Waals surface area contributed by atoms with Crippen molar-refractivity contribution < 1.29 is 5.11 Å². The SMILES string of the molecule is CCCNCc1ccc(N2CCCC(CCO)C2)c(C)c1. The lowest BCUT2D eigenvalue weighted by molar-refractivity contribution is 0.244. The second kappa shape index (κ2) is 8.40. The molecule has 0 saturated carbocycles. The standard InChI is InChI=1S/C18H30N2O/c1-3-9-19-13-17-6-7-18(15(2)12-17)20-10-4-5-16(14-20)8-11-21/h6-7,12,16,19,21H,3-5,8-11,13-14H2,1-2H3. The largest absolute Gasteiger partial charge is 0.396 e. The lowest BCUT2D eigenvalue weighted by Gasteiger charge is -2.35. The first-order valence-electron chi connectivity index (χ1n) is 8.40. The third-order valence-corrected chi connectivity index (χ3v) is 4.41. The summed E-state index contributed by atoms with van der Waals surface area (Å²) in [5.74, 6) is 0.647. The monoisotopic (exact) mass is 290 g/mol. The van der Waals surface area contributed by atoms with Crippen molar-refractivity contribution in [3.05, 3.63) is 29.3 Å². The van der Waals surface area contributed by atoms with Crippen LogP contribution in [0.5, 0.6) is 0 Å². The van der Waals surface area contributed by atoms with Crippen molar-refractivity contribution in [1.82, 2.24) is 5.32 Å². The molecule has 1 aromatic rings. The van der Waals surface area contributed by atoms with E-state index in [2.05, 4.69) is 42.3 Å². The number of aliphatic hydroxyl groups excluding tert-OH is 1. The van der Waals surface area contributed by atoms with Gasteiger partial charge in [0, 0.05) is 31.9 Å². The van der Waals surface area contributed by atoms with E-state index in [0.717, 1.165) is 32.6 Å². The quantitative estimate of drug-likeness (QED) is 0.758. The second-order valence-corrected chi connectivity index (χ2v) is 6.26. The van der Waals surface area contributed by atoms with E-state index in [9.17, 15) is 0 Å². The fourth-order valence-electron chi connectivity index (χ4n) is 3.29. The highest BCUT2D eigenvalue weighted by atomic mass is 16.3. The number of nitrogens with one attached hydrogen (secondary N) is 1. The van der Waals surface area contributed by atoms with Crippen LogP contribution in [0.15, 0.2) is 18.2 Å². The Labute approximate surface area is 129 Å². The molecule has 0 spiro atoms. The van der Waals surface area contributed by atoms with E-state index in [4.69, 9.17) is 5.11 Å². The smallest absolute Gasteiger partial charge is 0.0434 e. The molecule has 118 valence electrons. The minimum absolute atomic E-state index is 0.319. The molecule has 1 fully saturated rings. The number of aryl methyl sites for hydroxylation is 1. The average Bonchev–Trinajstić information content (AvgIpc) is 2.48. The minimum atomic E-state index is 0.319. The van der Waals surface area contributed by atoms with Crippen LogP contribution >= 0.6 is 0 Å². The van der Waals surface area contributed by atoms with Gasteiger partial charge >= 0.3 is 0 Å². The second-order valence-electron chi connectivity index (χ2n) is 6.26. The van der Waals surface area contributed by atoms with Crippen molar-refractivity contribution >= 4 is 5.69 Å². The van der Waals surface area contributed by atoms with Gasteiger partial charge in [-0.3, -0.25) is 0 Å². The van der Waals surface area contributed by atoms with E-state index in [1.54, 1.807) is 0 Å². The van der Waals surface area contributed by atoms with Gasteiger partial charge in [-0.25, -0.2) is 0 Å². The highest BCUT2D eigenvalue weighted by Crippen LogP contribution is 2.28. The predicted molar refractivity (Wildman–Crippen MR) is 89.8 cm³/mol. The number of hydrogen-bond donors (Lipinski definition) is 2. The number of piperidine rings is 1. The van der Waals surface area contributed by atoms with Crippen LogP contribution in [0, 0.1) is 12.8 Å². The molecule has 0 radical (unpaired) electrons. The lowest BCUT2D eigenvalue weighted by Crippen LogP contribution is -2.36. The maximum atomic E-state index is 9.14. The van der Waals surface area contributed by atoms with E-state index in [1.807, 2.05) is 0 Å². The molecule has 1 atom stereocenters. The van der Waals surface area contributed by atoms with Crippen LogP contribution in [0.3, 0.4) is 0 Å². The number of benzene rings is 1. The van der Waals surface area contributed by atoms with Crippen LogP contribution in [0.4, 0.5) is 5.69 Å². The molecule has 1 heterocycles. The first-order chi connectivity index (χ1) is 10.2.